The van der Waals surface area contributed by atoms with Crippen molar-refractivity contribution >= 4 is 54.4 Å². The van der Waals surface area contributed by atoms with Crippen molar-refractivity contribution in [2.24, 2.45) is 0 Å². The van der Waals surface area contributed by atoms with Gasteiger partial charge in [0, 0.05) is 22.1 Å². The van der Waals surface area contributed by atoms with Crippen LogP contribution in [0.4, 0.5) is 0 Å². The van der Waals surface area contributed by atoms with Crippen LogP contribution in [0.25, 0.3) is 110 Å². The molecule has 2 aromatic heterocycles. The fraction of sp³-hybridized carbons (Fsp3) is 0. The molecule has 0 saturated heterocycles. The van der Waals surface area contributed by atoms with E-state index in [1.54, 1.807) is 0 Å². The quantitative estimate of drug-likeness (QED) is 0.168. The first-order chi connectivity index (χ1) is 27.3. The third-order valence-electron chi connectivity index (χ3n) is 10.9. The second-order valence-electron chi connectivity index (χ2n) is 14.1. The Morgan fingerprint density at radius 1 is 0.291 bits per heavy atom. The van der Waals surface area contributed by atoms with Gasteiger partial charge in [0.1, 0.15) is 16.8 Å². The van der Waals surface area contributed by atoms with Crippen LogP contribution in [-0.4, -0.2) is 9.97 Å². The minimum Gasteiger partial charge on any atom is -0.451 e. The number of benzene rings is 9. The summed E-state index contributed by atoms with van der Waals surface area (Å²) < 4.78 is 6.88. The lowest BCUT2D eigenvalue weighted by Crippen LogP contribution is -1.94. The zero-order chi connectivity index (χ0) is 36.3. The Morgan fingerprint density at radius 3 is 1.47 bits per heavy atom. The number of fused-ring (bicyclic) bond motifs is 9. The molecule has 256 valence electrons. The Kier molecular flexibility index (Phi) is 7.17. The molecule has 0 saturated carbocycles. The summed E-state index contributed by atoms with van der Waals surface area (Å²) >= 11 is 0. The van der Waals surface area contributed by atoms with E-state index in [2.05, 4.69) is 170 Å². The third-order valence-corrected chi connectivity index (χ3v) is 10.9. The van der Waals surface area contributed by atoms with Crippen LogP contribution >= 0.6 is 0 Å². The highest BCUT2D eigenvalue weighted by atomic mass is 16.3. The van der Waals surface area contributed by atoms with Gasteiger partial charge < -0.3 is 4.42 Å². The number of aromatic nitrogens is 2. The molecule has 0 radical (unpaired) electrons. The number of rotatable bonds is 5. The highest BCUT2D eigenvalue weighted by molar-refractivity contribution is 6.25. The van der Waals surface area contributed by atoms with E-state index in [4.69, 9.17) is 14.4 Å². The molecular weight excluding hydrogens is 669 g/mol. The molecule has 11 rings (SSSR count). The van der Waals surface area contributed by atoms with Gasteiger partial charge in [-0.05, 0) is 84.4 Å². The van der Waals surface area contributed by atoms with Crippen molar-refractivity contribution in [1.82, 2.24) is 9.97 Å². The SMILES string of the molecule is c1ccc(-c2cc(-c3ccccc3)c3oc4c(-c5ccccc5)nc(-c5cccc(-c6ccc7c8ccccc8c8ccccc8c7c6)c5)nc4c3c2)cc1. The Bertz CT molecular complexity index is 3210. The van der Waals surface area contributed by atoms with Crippen molar-refractivity contribution in [1.29, 1.82) is 0 Å². The van der Waals surface area contributed by atoms with Gasteiger partial charge in [0.15, 0.2) is 11.4 Å². The molecule has 0 aliphatic carbocycles. The van der Waals surface area contributed by atoms with Crippen LogP contribution in [0.15, 0.2) is 199 Å². The minimum absolute atomic E-state index is 0.652. The highest BCUT2D eigenvalue weighted by Gasteiger charge is 2.22. The van der Waals surface area contributed by atoms with Gasteiger partial charge in [-0.2, -0.15) is 0 Å². The lowest BCUT2D eigenvalue weighted by molar-refractivity contribution is 0.668. The van der Waals surface area contributed by atoms with E-state index in [0.29, 0.717) is 11.4 Å². The second kappa shape index (κ2) is 12.6. The summed E-state index contributed by atoms with van der Waals surface area (Å²) in [5.41, 5.74) is 11.6. The van der Waals surface area contributed by atoms with Crippen molar-refractivity contribution in [2.75, 3.05) is 0 Å². The smallest absolute Gasteiger partial charge is 0.180 e. The van der Waals surface area contributed by atoms with Gasteiger partial charge in [0.25, 0.3) is 0 Å². The average molecular weight is 701 g/mol. The van der Waals surface area contributed by atoms with Crippen molar-refractivity contribution in [3.05, 3.63) is 194 Å². The maximum atomic E-state index is 6.88. The second-order valence-corrected chi connectivity index (χ2v) is 14.1. The van der Waals surface area contributed by atoms with E-state index >= 15 is 0 Å². The van der Waals surface area contributed by atoms with Crippen molar-refractivity contribution in [3.63, 3.8) is 0 Å². The standard InChI is InChI=1S/C52H32N2O/c1-4-15-33(16-5-1)39-31-45(34-17-6-2-7-18-34)50-47(32-39)49-51(55-50)48(35-19-8-3-9-20-35)53-52(54-49)38-22-14-21-36(29-38)37-27-28-44-42-25-11-10-23-40(42)41-24-12-13-26-43(41)46(44)30-37/h1-32H. The lowest BCUT2D eigenvalue weighted by atomic mass is 9.92. The Hall–Kier alpha value is -7.36. The van der Waals surface area contributed by atoms with Crippen molar-refractivity contribution in [3.8, 4) is 56.0 Å². The molecule has 0 atom stereocenters. The summed E-state index contributed by atoms with van der Waals surface area (Å²) in [6, 6.07) is 68.6. The van der Waals surface area contributed by atoms with Crippen LogP contribution in [0.1, 0.15) is 0 Å². The normalized spacial score (nSPS) is 11.6. The third kappa shape index (κ3) is 5.20. The molecule has 0 spiro atoms. The van der Waals surface area contributed by atoms with Gasteiger partial charge in [-0.25, -0.2) is 9.97 Å². The molecule has 3 heteroatoms. The predicted molar refractivity (Wildman–Crippen MR) is 229 cm³/mol. The van der Waals surface area contributed by atoms with Crippen molar-refractivity contribution < 1.29 is 4.42 Å². The summed E-state index contributed by atoms with van der Waals surface area (Å²) in [5, 5.41) is 8.53. The van der Waals surface area contributed by atoms with E-state index in [1.807, 2.05) is 24.3 Å². The van der Waals surface area contributed by atoms with Gasteiger partial charge in [-0.3, -0.25) is 0 Å². The largest absolute Gasteiger partial charge is 0.451 e. The molecule has 0 aliphatic heterocycles. The topological polar surface area (TPSA) is 38.9 Å². The minimum atomic E-state index is 0.652. The van der Waals surface area contributed by atoms with E-state index in [1.165, 1.54) is 32.3 Å². The number of hydrogen-bond donors (Lipinski definition) is 0. The van der Waals surface area contributed by atoms with Crippen LogP contribution in [0.2, 0.25) is 0 Å². The first-order valence-electron chi connectivity index (χ1n) is 18.7. The molecule has 0 aliphatic rings. The molecule has 0 unspecified atom stereocenters. The van der Waals surface area contributed by atoms with Crippen LogP contribution in [0.5, 0.6) is 0 Å². The van der Waals surface area contributed by atoms with Gasteiger partial charge in [-0.15, -0.1) is 0 Å². The first-order valence-corrected chi connectivity index (χ1v) is 18.7. The maximum Gasteiger partial charge on any atom is 0.180 e. The zero-order valence-corrected chi connectivity index (χ0v) is 29.8. The van der Waals surface area contributed by atoms with Crippen LogP contribution < -0.4 is 0 Å². The zero-order valence-electron chi connectivity index (χ0n) is 29.8. The van der Waals surface area contributed by atoms with Crippen LogP contribution in [0.3, 0.4) is 0 Å². The Morgan fingerprint density at radius 2 is 0.800 bits per heavy atom. The number of furan rings is 1. The molecule has 0 N–H and O–H groups in total. The summed E-state index contributed by atoms with van der Waals surface area (Å²) in [7, 11) is 0. The molecule has 55 heavy (non-hydrogen) atoms. The number of hydrogen-bond acceptors (Lipinski definition) is 3. The maximum absolute atomic E-state index is 6.88. The monoisotopic (exact) mass is 700 g/mol. The summed E-state index contributed by atoms with van der Waals surface area (Å²) in [6.07, 6.45) is 0. The summed E-state index contributed by atoms with van der Waals surface area (Å²) in [4.78, 5) is 10.6. The van der Waals surface area contributed by atoms with E-state index in [-0.39, 0.29) is 0 Å². The molecule has 0 fully saturated rings. The fourth-order valence-electron chi connectivity index (χ4n) is 8.22. The molecular formula is C52H32N2O. The first kappa shape index (κ1) is 31.2. The molecule has 9 aromatic carbocycles. The predicted octanol–water partition coefficient (Wildman–Crippen LogP) is 14.2. The van der Waals surface area contributed by atoms with Crippen LogP contribution in [-0.2, 0) is 0 Å². The molecule has 0 bridgehead atoms. The van der Waals surface area contributed by atoms with Gasteiger partial charge in [0.2, 0.25) is 0 Å². The van der Waals surface area contributed by atoms with Gasteiger partial charge >= 0.3 is 0 Å². The molecule has 11 aromatic rings. The van der Waals surface area contributed by atoms with Gasteiger partial charge in [0.05, 0.1) is 0 Å². The Balaban J connectivity index is 1.14. The van der Waals surface area contributed by atoms with Crippen LogP contribution in [0, 0.1) is 0 Å². The number of nitrogens with zero attached hydrogens (tertiary/aromatic N) is 2. The summed E-state index contributed by atoms with van der Waals surface area (Å²) in [5.74, 6) is 0.652. The lowest BCUT2D eigenvalue weighted by Gasteiger charge is -2.12. The van der Waals surface area contributed by atoms with E-state index in [9.17, 15) is 0 Å². The summed E-state index contributed by atoms with van der Waals surface area (Å²) in [6.45, 7) is 0. The Labute approximate surface area is 317 Å². The fourth-order valence-corrected chi connectivity index (χ4v) is 8.22. The molecule has 0 amide bonds. The molecule has 3 nitrogen and oxygen atoms in total. The average Bonchev–Trinajstić information content (AvgIpc) is 3.65. The van der Waals surface area contributed by atoms with Crippen molar-refractivity contribution in [2.45, 2.75) is 0 Å². The van der Waals surface area contributed by atoms with Gasteiger partial charge in [-0.1, -0.05) is 170 Å². The van der Waals surface area contributed by atoms with E-state index < -0.39 is 0 Å². The highest BCUT2D eigenvalue weighted by Crippen LogP contribution is 2.43. The molecule has 2 heterocycles. The van der Waals surface area contributed by atoms with E-state index in [0.717, 1.165) is 66.7 Å².